The van der Waals surface area contributed by atoms with Crippen LogP contribution in [0.1, 0.15) is 32.3 Å². The van der Waals surface area contributed by atoms with Gasteiger partial charge in [0.2, 0.25) is 11.8 Å². The Labute approximate surface area is 161 Å². The number of likely N-dealkylation sites (tertiary alicyclic amines) is 1. The fourth-order valence-electron chi connectivity index (χ4n) is 3.25. The highest BCUT2D eigenvalue weighted by Crippen LogP contribution is 2.32. The fourth-order valence-corrected chi connectivity index (χ4v) is 3.25. The van der Waals surface area contributed by atoms with E-state index in [1.54, 1.807) is 26.2 Å². The first-order chi connectivity index (χ1) is 12.8. The van der Waals surface area contributed by atoms with E-state index < -0.39 is 5.54 Å². The Hall–Kier alpha value is -2.28. The first kappa shape index (κ1) is 21.0. The molecule has 1 aliphatic heterocycles. The SMILES string of the molecule is COCCN1C[C@@H](C(=O)NC(C)(C)c2ccc(OC)c(OC)c2)CCC1=O. The van der Waals surface area contributed by atoms with Crippen LogP contribution in [-0.2, 0) is 19.9 Å². The summed E-state index contributed by atoms with van der Waals surface area (Å²) in [6, 6.07) is 5.61. The molecule has 1 atom stereocenters. The maximum atomic E-state index is 12.9. The molecule has 0 radical (unpaired) electrons. The van der Waals surface area contributed by atoms with Crippen molar-refractivity contribution in [3.8, 4) is 11.5 Å². The summed E-state index contributed by atoms with van der Waals surface area (Å²) in [7, 11) is 4.77. The van der Waals surface area contributed by atoms with Crippen LogP contribution in [0, 0.1) is 5.92 Å². The Morgan fingerprint density at radius 2 is 1.93 bits per heavy atom. The minimum atomic E-state index is -0.588. The average Bonchev–Trinajstić information content (AvgIpc) is 2.66. The number of carbonyl (C=O) groups excluding carboxylic acids is 2. The van der Waals surface area contributed by atoms with Crippen molar-refractivity contribution in [1.82, 2.24) is 10.2 Å². The molecule has 1 saturated heterocycles. The summed E-state index contributed by atoms with van der Waals surface area (Å²) < 4.78 is 15.7. The number of amides is 2. The first-order valence-electron chi connectivity index (χ1n) is 9.13. The molecule has 1 heterocycles. The molecule has 27 heavy (non-hydrogen) atoms. The number of carbonyl (C=O) groups is 2. The molecule has 0 spiro atoms. The number of benzene rings is 1. The van der Waals surface area contributed by atoms with E-state index in [1.165, 1.54) is 0 Å². The van der Waals surface area contributed by atoms with E-state index in [4.69, 9.17) is 14.2 Å². The second-order valence-electron chi connectivity index (χ2n) is 7.25. The second-order valence-corrected chi connectivity index (χ2v) is 7.25. The van der Waals surface area contributed by atoms with Gasteiger partial charge in [-0.1, -0.05) is 6.07 Å². The summed E-state index contributed by atoms with van der Waals surface area (Å²) >= 11 is 0. The average molecular weight is 378 g/mol. The molecule has 150 valence electrons. The maximum Gasteiger partial charge on any atom is 0.225 e. The molecule has 0 saturated carbocycles. The topological polar surface area (TPSA) is 77.1 Å². The highest BCUT2D eigenvalue weighted by Gasteiger charge is 2.33. The highest BCUT2D eigenvalue weighted by molar-refractivity contribution is 5.84. The van der Waals surface area contributed by atoms with Crippen LogP contribution in [0.4, 0.5) is 0 Å². The molecule has 0 aliphatic carbocycles. The van der Waals surface area contributed by atoms with Crippen molar-refractivity contribution in [3.05, 3.63) is 23.8 Å². The van der Waals surface area contributed by atoms with E-state index in [2.05, 4.69) is 5.32 Å². The van der Waals surface area contributed by atoms with Crippen LogP contribution in [0.3, 0.4) is 0 Å². The predicted octanol–water partition coefficient (Wildman–Crippen LogP) is 1.94. The number of nitrogens with zero attached hydrogens (tertiary/aromatic N) is 1. The van der Waals surface area contributed by atoms with Gasteiger partial charge >= 0.3 is 0 Å². The van der Waals surface area contributed by atoms with Crippen LogP contribution in [0.25, 0.3) is 0 Å². The fraction of sp³-hybridized carbons (Fsp3) is 0.600. The second kappa shape index (κ2) is 9.08. The minimum Gasteiger partial charge on any atom is -0.493 e. The zero-order valence-electron chi connectivity index (χ0n) is 16.8. The molecular weight excluding hydrogens is 348 g/mol. The van der Waals surface area contributed by atoms with Crippen LogP contribution in [0.5, 0.6) is 11.5 Å². The molecule has 2 rings (SSSR count). The van der Waals surface area contributed by atoms with Crippen molar-refractivity contribution in [2.24, 2.45) is 5.92 Å². The zero-order chi connectivity index (χ0) is 20.0. The monoisotopic (exact) mass is 378 g/mol. The number of methoxy groups -OCH3 is 3. The third-order valence-electron chi connectivity index (χ3n) is 4.98. The van der Waals surface area contributed by atoms with Crippen LogP contribution < -0.4 is 14.8 Å². The summed E-state index contributed by atoms with van der Waals surface area (Å²) in [5, 5.41) is 3.12. The molecule has 0 unspecified atom stereocenters. The van der Waals surface area contributed by atoms with Gasteiger partial charge in [0.15, 0.2) is 11.5 Å². The summed E-state index contributed by atoms with van der Waals surface area (Å²) in [4.78, 5) is 26.6. The molecule has 2 amide bonds. The van der Waals surface area contributed by atoms with E-state index in [9.17, 15) is 9.59 Å². The number of ether oxygens (including phenoxy) is 3. The van der Waals surface area contributed by atoms with E-state index in [0.717, 1.165) is 5.56 Å². The van der Waals surface area contributed by atoms with Crippen LogP contribution in [0.2, 0.25) is 0 Å². The van der Waals surface area contributed by atoms with Crippen LogP contribution >= 0.6 is 0 Å². The number of nitrogens with one attached hydrogen (secondary N) is 1. The van der Waals surface area contributed by atoms with Gasteiger partial charge in [0.05, 0.1) is 32.3 Å². The van der Waals surface area contributed by atoms with Gasteiger partial charge < -0.3 is 24.4 Å². The van der Waals surface area contributed by atoms with Crippen LogP contribution in [0.15, 0.2) is 18.2 Å². The molecule has 0 bridgehead atoms. The lowest BCUT2D eigenvalue weighted by Crippen LogP contribution is -2.50. The zero-order valence-corrected chi connectivity index (χ0v) is 16.8. The summed E-state index contributed by atoms with van der Waals surface area (Å²) in [5.74, 6) is 1.06. The van der Waals surface area contributed by atoms with Gasteiger partial charge in [0.25, 0.3) is 0 Å². The van der Waals surface area contributed by atoms with Crippen molar-refractivity contribution in [2.45, 2.75) is 32.2 Å². The summed E-state index contributed by atoms with van der Waals surface area (Å²) in [5.41, 5.74) is 0.326. The molecule has 1 aromatic carbocycles. The summed E-state index contributed by atoms with van der Waals surface area (Å²) in [6.45, 7) is 5.30. The largest absolute Gasteiger partial charge is 0.493 e. The number of piperidine rings is 1. The molecular formula is C20H30N2O5. The van der Waals surface area contributed by atoms with Gasteiger partial charge in [-0.25, -0.2) is 0 Å². The predicted molar refractivity (Wildman–Crippen MR) is 102 cm³/mol. The third kappa shape index (κ3) is 5.13. The normalized spacial score (nSPS) is 17.6. The maximum absolute atomic E-state index is 12.9. The standard InChI is InChI=1S/C20H30N2O5/c1-20(2,15-7-8-16(26-4)17(12-15)27-5)21-19(24)14-6-9-18(23)22(13-14)10-11-25-3/h7-8,12,14H,6,9-11,13H2,1-5H3,(H,21,24)/t14-/m0/s1. The Bertz CT molecular complexity index is 674. The molecule has 1 N–H and O–H groups in total. The Morgan fingerprint density at radius 3 is 2.56 bits per heavy atom. The Kier molecular flexibility index (Phi) is 7.07. The third-order valence-corrected chi connectivity index (χ3v) is 4.98. The smallest absolute Gasteiger partial charge is 0.225 e. The number of rotatable bonds is 8. The number of hydrogen-bond donors (Lipinski definition) is 1. The Balaban J connectivity index is 2.08. The van der Waals surface area contributed by atoms with Crippen LogP contribution in [-0.4, -0.2) is 57.7 Å². The van der Waals surface area contributed by atoms with Crippen molar-refractivity contribution < 1.29 is 23.8 Å². The highest BCUT2D eigenvalue weighted by atomic mass is 16.5. The van der Waals surface area contributed by atoms with E-state index >= 15 is 0 Å². The van der Waals surface area contributed by atoms with Crippen molar-refractivity contribution in [3.63, 3.8) is 0 Å². The minimum absolute atomic E-state index is 0.0512. The number of hydrogen-bond acceptors (Lipinski definition) is 5. The van der Waals surface area contributed by atoms with Gasteiger partial charge in [-0.2, -0.15) is 0 Å². The van der Waals surface area contributed by atoms with Gasteiger partial charge in [0.1, 0.15) is 0 Å². The molecule has 1 aromatic rings. The first-order valence-corrected chi connectivity index (χ1v) is 9.13. The molecule has 7 heteroatoms. The van der Waals surface area contributed by atoms with Gasteiger partial charge in [-0.05, 0) is 38.0 Å². The quantitative estimate of drug-likeness (QED) is 0.748. The van der Waals surface area contributed by atoms with E-state index in [-0.39, 0.29) is 17.7 Å². The van der Waals surface area contributed by atoms with Gasteiger partial charge in [-0.3, -0.25) is 9.59 Å². The Morgan fingerprint density at radius 1 is 1.22 bits per heavy atom. The van der Waals surface area contributed by atoms with Crippen molar-refractivity contribution in [2.75, 3.05) is 41.0 Å². The lowest BCUT2D eigenvalue weighted by Gasteiger charge is -2.34. The van der Waals surface area contributed by atoms with Gasteiger partial charge in [0, 0.05) is 26.6 Å². The van der Waals surface area contributed by atoms with E-state index in [1.807, 2.05) is 32.0 Å². The van der Waals surface area contributed by atoms with Crippen molar-refractivity contribution >= 4 is 11.8 Å². The molecule has 7 nitrogen and oxygen atoms in total. The van der Waals surface area contributed by atoms with Crippen molar-refractivity contribution in [1.29, 1.82) is 0 Å². The molecule has 0 aromatic heterocycles. The lowest BCUT2D eigenvalue weighted by atomic mass is 9.91. The van der Waals surface area contributed by atoms with Gasteiger partial charge in [-0.15, -0.1) is 0 Å². The lowest BCUT2D eigenvalue weighted by molar-refractivity contribution is -0.139. The molecule has 1 aliphatic rings. The van der Waals surface area contributed by atoms with E-state index in [0.29, 0.717) is 44.0 Å². The summed E-state index contributed by atoms with van der Waals surface area (Å²) in [6.07, 6.45) is 0.953. The molecule has 1 fully saturated rings.